The number of carbonyl (C=O) groups is 4. The van der Waals surface area contributed by atoms with E-state index in [0.29, 0.717) is 123 Å². The van der Waals surface area contributed by atoms with E-state index in [-0.39, 0.29) is 179 Å². The van der Waals surface area contributed by atoms with Crippen LogP contribution in [0.1, 0.15) is 250 Å². The van der Waals surface area contributed by atoms with Gasteiger partial charge in [0, 0.05) is 126 Å². The fourth-order valence-corrected chi connectivity index (χ4v) is 18.3. The molecule has 8 N–H and O–H groups in total. The molecule has 4 saturated heterocycles. The van der Waals surface area contributed by atoms with Crippen LogP contribution in [0.5, 0.6) is 46.0 Å². The molecule has 0 aliphatic carbocycles. The number of methoxy groups -OCH3 is 8. The molecule has 8 heterocycles. The third kappa shape index (κ3) is 23.8. The normalized spacial score (nSPS) is 28.0. The standard InChI is InChI=1S/4C24H38N2O4/c4*1-14(2)9-17-13-26-8-7-16-10-21(28-5)22(29-6)11-18(16)19(26)12-20(17)30-24(27)23(25)15(3)4/h4*10-11,14-15,17,19-20,23H,7-9,12-13,25H2,1-6H3/t4*17?,19?,20?,23-/m0000/s1/i5D3,19D,20D;5D3,10D,11D;2*10D,11D. The number of nitrogens with two attached hydrogens (primary N) is 4. The summed E-state index contributed by atoms with van der Waals surface area (Å²) in [5, 5.41) is 0. The number of rotatable bonds is 28. The van der Waals surface area contributed by atoms with Crippen molar-refractivity contribution >= 4 is 23.9 Å². The Hall–Kier alpha value is -7.16. The Morgan fingerprint density at radius 1 is 0.358 bits per heavy atom. The number of esters is 4. The van der Waals surface area contributed by atoms with Crippen LogP contribution in [-0.2, 0) is 63.8 Å². The van der Waals surface area contributed by atoms with Gasteiger partial charge in [-0.3, -0.25) is 38.8 Å². The number of piperidine rings is 4. The molecule has 0 spiro atoms. The lowest BCUT2D eigenvalue weighted by Gasteiger charge is -2.47. The van der Waals surface area contributed by atoms with Crippen LogP contribution in [0.25, 0.3) is 0 Å². The molecule has 4 fully saturated rings. The summed E-state index contributed by atoms with van der Waals surface area (Å²) in [7, 11) is 3.34. The van der Waals surface area contributed by atoms with E-state index in [4.69, 9.17) is 96.2 Å². The molecule has 8 aliphatic heterocycles. The molecule has 12 unspecified atom stereocenters. The number of hydrogen-bond acceptors (Lipinski definition) is 24. The molecule has 672 valence electrons. The molecule has 4 aromatic carbocycles. The smallest absolute Gasteiger partial charge is 0.323 e. The molecule has 16 atom stereocenters. The zero-order valence-corrected chi connectivity index (χ0v) is 75.6. The molecular weight excluding hydrogens is 1520 g/mol. The van der Waals surface area contributed by atoms with Crippen molar-refractivity contribution in [3.63, 3.8) is 0 Å². The SMILES string of the molecule is [2H]C([2H])([2H])Oc1cc2c(cc1OC)C1([2H])CC([2H])(OC(=O)[C@@H](N)C(C)C)C(CC(C)C)CN1CC2.[2H]c1c2c(c([2H])c(OC)c1OC([2H])([2H])[2H])C1CC(OC(=O)[C@@H](N)C(C)C)C(CC(C)C)CN1CC2.[2H]c1c2c(c([2H])c(OC)c1OC)C1CC(OC(=O)[C@@H](N)C(C)C)C(CC(C)C)CN1CC2.[2H]c1c2c(c([2H])c(OC)c1OC)C1CC(OC(=O)[C@@H](N)C(C)C)C(CC(C)C)CN1CC2. The van der Waals surface area contributed by atoms with Gasteiger partial charge in [0.15, 0.2) is 46.0 Å². The van der Waals surface area contributed by atoms with Crippen molar-refractivity contribution in [2.24, 2.45) is 93.9 Å². The minimum atomic E-state index is -2.77. The van der Waals surface area contributed by atoms with Crippen LogP contribution in [-0.4, -0.2) is 201 Å². The van der Waals surface area contributed by atoms with E-state index >= 15 is 0 Å². The molecule has 24 heteroatoms. The van der Waals surface area contributed by atoms with Crippen molar-refractivity contribution in [3.8, 4) is 46.0 Å². The van der Waals surface area contributed by atoms with Crippen molar-refractivity contribution in [3.05, 3.63) is 92.9 Å². The summed E-state index contributed by atoms with van der Waals surface area (Å²) in [5.41, 5.74) is 30.1. The van der Waals surface area contributed by atoms with E-state index in [9.17, 15) is 21.9 Å². The van der Waals surface area contributed by atoms with Gasteiger partial charge in [0.2, 0.25) is 0 Å². The van der Waals surface area contributed by atoms with E-state index in [2.05, 4.69) is 70.1 Å². The molecule has 120 heavy (non-hydrogen) atoms. The second-order valence-electron chi connectivity index (χ2n) is 37.0. The first-order chi connectivity index (χ1) is 62.5. The fourth-order valence-electron chi connectivity index (χ4n) is 18.3. The number of ether oxygens (including phenoxy) is 12. The summed E-state index contributed by atoms with van der Waals surface area (Å²) in [6.07, 6.45) is 4.93. The summed E-state index contributed by atoms with van der Waals surface area (Å²) in [6.45, 7) is 37.7. The number of benzene rings is 4. The monoisotopic (exact) mass is 1690 g/mol. The summed E-state index contributed by atoms with van der Waals surface area (Å²) < 4.78 is 183. The third-order valence-electron chi connectivity index (χ3n) is 25.0. The van der Waals surface area contributed by atoms with Crippen LogP contribution in [0.4, 0.5) is 0 Å². The zero-order valence-electron chi connectivity index (χ0n) is 89.6. The van der Waals surface area contributed by atoms with Gasteiger partial charge in [-0.25, -0.2) is 0 Å². The van der Waals surface area contributed by atoms with Gasteiger partial charge in [-0.1, -0.05) is 111 Å². The molecule has 12 rings (SSSR count). The maximum Gasteiger partial charge on any atom is 0.323 e. The van der Waals surface area contributed by atoms with Crippen LogP contribution in [0, 0.1) is 71.0 Å². The molecule has 0 bridgehead atoms. The number of hydrogen-bond donors (Lipinski definition) is 4. The van der Waals surface area contributed by atoms with E-state index in [1.54, 1.807) is 12.1 Å². The van der Waals surface area contributed by atoms with Gasteiger partial charge in [0.25, 0.3) is 0 Å². The lowest BCUT2D eigenvalue weighted by Crippen LogP contribution is -2.51. The Labute approximate surface area is 738 Å². The molecule has 0 amide bonds. The predicted molar refractivity (Wildman–Crippen MR) is 471 cm³/mol. The first-order valence-electron chi connectivity index (χ1n) is 50.7. The number of carbonyl (C=O) groups excluding carboxylic acids is 4. The van der Waals surface area contributed by atoms with Gasteiger partial charge in [-0.05, 0) is 192 Å². The first kappa shape index (κ1) is 77.6. The summed E-state index contributed by atoms with van der Waals surface area (Å²) in [5.74, 6) is 1.14. The van der Waals surface area contributed by atoms with E-state index in [1.165, 1.54) is 42.7 Å². The highest BCUT2D eigenvalue weighted by molar-refractivity contribution is 5.77. The highest BCUT2D eigenvalue weighted by atomic mass is 16.6. The average Bonchev–Trinajstić information content (AvgIpc) is 0.726. The van der Waals surface area contributed by atoms with Crippen molar-refractivity contribution in [2.75, 3.05) is 109 Å². The third-order valence-corrected chi connectivity index (χ3v) is 25.0. The van der Waals surface area contributed by atoms with Gasteiger partial charge in [-0.15, -0.1) is 0 Å². The highest BCUT2D eigenvalue weighted by Crippen LogP contribution is 2.50. The Bertz CT molecular complexity index is 4580. The van der Waals surface area contributed by atoms with E-state index < -0.39 is 62.3 Å². The highest BCUT2D eigenvalue weighted by Gasteiger charge is 2.47. The Morgan fingerprint density at radius 3 is 0.950 bits per heavy atom. The van der Waals surface area contributed by atoms with Gasteiger partial charge < -0.3 is 79.8 Å². The minimum absolute atomic E-state index is 0.00369. The maximum atomic E-state index is 12.8. The van der Waals surface area contributed by atoms with Crippen molar-refractivity contribution in [1.82, 2.24) is 19.6 Å². The number of nitrogens with zero attached hydrogens (tertiary/aromatic N) is 4. The molecule has 0 radical (unpaired) electrons. The second kappa shape index (κ2) is 43.9. The van der Waals surface area contributed by atoms with E-state index in [0.717, 1.165) is 73.3 Å². The van der Waals surface area contributed by atoms with Crippen molar-refractivity contribution < 1.29 is 95.2 Å². The quantitative estimate of drug-likeness (QED) is 0.0303. The molecule has 4 aromatic rings. The first-order valence-corrected chi connectivity index (χ1v) is 43.7. The van der Waals surface area contributed by atoms with Gasteiger partial charge >= 0.3 is 23.9 Å². The van der Waals surface area contributed by atoms with E-state index in [1.807, 2.05) is 60.3 Å². The molecule has 0 aromatic heterocycles. The Kier molecular flexibility index (Phi) is 28.4. The largest absolute Gasteiger partial charge is 0.493 e. The average molecular weight is 1690 g/mol. The summed E-state index contributed by atoms with van der Waals surface area (Å²) in [6, 6.07) is -0.421. The van der Waals surface area contributed by atoms with Crippen molar-refractivity contribution in [1.29, 1.82) is 0 Å². The Morgan fingerprint density at radius 2 is 0.633 bits per heavy atom. The lowest BCUT2D eigenvalue weighted by molar-refractivity contribution is -0.161. The van der Waals surface area contributed by atoms with Gasteiger partial charge in [0.1, 0.15) is 48.6 Å². The van der Waals surface area contributed by atoms with Crippen LogP contribution in [0.3, 0.4) is 0 Å². The fraction of sp³-hybridized carbons (Fsp3) is 0.708. The van der Waals surface area contributed by atoms with Crippen LogP contribution in [0.2, 0.25) is 0 Å². The molecule has 8 aliphatic rings. The van der Waals surface area contributed by atoms with Crippen LogP contribution in [0.15, 0.2) is 48.4 Å². The zero-order chi connectivity index (χ0) is 100. The van der Waals surface area contributed by atoms with Gasteiger partial charge in [-0.2, -0.15) is 0 Å². The van der Waals surface area contributed by atoms with Crippen LogP contribution >= 0.6 is 0 Å². The predicted octanol–water partition coefficient (Wildman–Crippen LogP) is 14.3. The minimum Gasteiger partial charge on any atom is -0.493 e. The summed E-state index contributed by atoms with van der Waals surface area (Å²) >= 11 is 0. The van der Waals surface area contributed by atoms with Gasteiger partial charge in [0.05, 0.1) is 75.9 Å². The van der Waals surface area contributed by atoms with Crippen LogP contribution < -0.4 is 60.8 Å². The number of fused-ring (bicyclic) bond motifs is 12. The molecular formula is C96H152N8O16. The molecule has 24 nitrogen and oxygen atoms in total. The topological polar surface area (TPSA) is 296 Å². The lowest BCUT2D eigenvalue weighted by atomic mass is 9.79. The Balaban J connectivity index is 0.000000201. The maximum absolute atomic E-state index is 12.8. The summed E-state index contributed by atoms with van der Waals surface area (Å²) in [4.78, 5) is 60.1. The molecule has 0 saturated carbocycles. The van der Waals surface area contributed by atoms with Crippen molar-refractivity contribution in [2.45, 2.75) is 261 Å². The second-order valence-corrected chi connectivity index (χ2v) is 37.0.